The number of benzene rings is 5. The molecule has 0 atom stereocenters. The SMILES string of the molecule is CC(C)(C)c1c2c(cc3sc4cccc(-c5ccccc5)c4c13)sc1cccc(-c3ccccc3)c12. The molecule has 0 nitrogen and oxygen atoms in total. The van der Waals surface area contributed by atoms with Crippen LogP contribution in [0.5, 0.6) is 0 Å². The zero-order valence-electron chi connectivity index (χ0n) is 20.6. The quantitative estimate of drug-likeness (QED) is 0.222. The highest BCUT2D eigenvalue weighted by Gasteiger charge is 2.27. The summed E-state index contributed by atoms with van der Waals surface area (Å²) in [7, 11) is 0. The van der Waals surface area contributed by atoms with Crippen LogP contribution in [0.1, 0.15) is 26.3 Å². The maximum atomic E-state index is 2.46. The Balaban J connectivity index is 1.72. The Bertz CT molecular complexity index is 1760. The highest BCUT2D eigenvalue weighted by molar-refractivity contribution is 7.28. The monoisotopic (exact) mass is 498 g/mol. The molecular weight excluding hydrogens is 473 g/mol. The van der Waals surface area contributed by atoms with E-state index in [0.29, 0.717) is 0 Å². The summed E-state index contributed by atoms with van der Waals surface area (Å²) in [5.41, 5.74) is 6.66. The second-order valence-electron chi connectivity index (χ2n) is 10.5. The fourth-order valence-corrected chi connectivity index (χ4v) is 8.18. The van der Waals surface area contributed by atoms with Gasteiger partial charge in [0, 0.05) is 40.3 Å². The van der Waals surface area contributed by atoms with Crippen molar-refractivity contribution in [3.8, 4) is 22.3 Å². The van der Waals surface area contributed by atoms with Crippen molar-refractivity contribution in [3.63, 3.8) is 0 Å². The van der Waals surface area contributed by atoms with E-state index < -0.39 is 0 Å². The van der Waals surface area contributed by atoms with Gasteiger partial charge in [0.1, 0.15) is 0 Å². The van der Waals surface area contributed by atoms with Gasteiger partial charge in [-0.05, 0) is 51.4 Å². The average Bonchev–Trinajstić information content (AvgIpc) is 3.45. The van der Waals surface area contributed by atoms with Gasteiger partial charge in [-0.2, -0.15) is 0 Å². The molecule has 2 heterocycles. The smallest absolute Gasteiger partial charge is 0.0373 e. The number of fused-ring (bicyclic) bond motifs is 6. The number of rotatable bonds is 2. The van der Waals surface area contributed by atoms with Crippen molar-refractivity contribution in [1.29, 1.82) is 0 Å². The first-order valence-corrected chi connectivity index (χ1v) is 14.1. The minimum Gasteiger partial charge on any atom is -0.135 e. The van der Waals surface area contributed by atoms with Crippen LogP contribution in [-0.4, -0.2) is 0 Å². The summed E-state index contributed by atoms with van der Waals surface area (Å²) >= 11 is 3.87. The van der Waals surface area contributed by atoms with Crippen LogP contribution in [0.25, 0.3) is 62.6 Å². The van der Waals surface area contributed by atoms with Gasteiger partial charge in [-0.1, -0.05) is 106 Å². The summed E-state index contributed by atoms with van der Waals surface area (Å²) in [4.78, 5) is 0. The van der Waals surface area contributed by atoms with E-state index in [4.69, 9.17) is 0 Å². The lowest BCUT2D eigenvalue weighted by Gasteiger charge is -2.23. The maximum Gasteiger partial charge on any atom is 0.0373 e. The van der Waals surface area contributed by atoms with Crippen LogP contribution in [0.3, 0.4) is 0 Å². The third-order valence-electron chi connectivity index (χ3n) is 7.17. The molecule has 0 fully saturated rings. The maximum absolute atomic E-state index is 2.46. The molecule has 2 heteroatoms. The van der Waals surface area contributed by atoms with E-state index >= 15 is 0 Å². The molecule has 0 bridgehead atoms. The first-order chi connectivity index (χ1) is 17.5. The number of hydrogen-bond donors (Lipinski definition) is 0. The molecule has 2 aromatic heterocycles. The van der Waals surface area contributed by atoms with Crippen LogP contribution in [0, 0.1) is 0 Å². The number of thiophene rings is 2. The predicted octanol–water partition coefficient (Wildman–Crippen LogP) is 11.1. The van der Waals surface area contributed by atoms with Gasteiger partial charge in [0.2, 0.25) is 0 Å². The van der Waals surface area contributed by atoms with Crippen molar-refractivity contribution in [2.24, 2.45) is 0 Å². The zero-order chi connectivity index (χ0) is 24.4. The second-order valence-corrected chi connectivity index (χ2v) is 12.7. The van der Waals surface area contributed by atoms with Crippen molar-refractivity contribution in [3.05, 3.63) is 109 Å². The lowest BCUT2D eigenvalue weighted by atomic mass is 9.80. The Labute approximate surface area is 219 Å². The van der Waals surface area contributed by atoms with Crippen LogP contribution >= 0.6 is 22.7 Å². The lowest BCUT2D eigenvalue weighted by molar-refractivity contribution is 0.602. The predicted molar refractivity (Wildman–Crippen MR) is 162 cm³/mol. The first kappa shape index (κ1) is 21.8. The standard InChI is InChI=1S/C34H26S2/c1-34(2,3)33-31-27(35-25-18-10-16-23(29(25)31)21-12-6-4-7-13-21)20-28-32(33)30-24(17-11-19-26(30)36-28)22-14-8-5-9-15-22/h4-20H,1-3H3. The van der Waals surface area contributed by atoms with Crippen molar-refractivity contribution < 1.29 is 0 Å². The second kappa shape index (κ2) is 8.03. The molecule has 0 aliphatic heterocycles. The van der Waals surface area contributed by atoms with Crippen molar-refractivity contribution in [2.75, 3.05) is 0 Å². The summed E-state index contributed by atoms with van der Waals surface area (Å²) in [6, 6.07) is 37.8. The van der Waals surface area contributed by atoms with Gasteiger partial charge < -0.3 is 0 Å². The molecule has 174 valence electrons. The van der Waals surface area contributed by atoms with E-state index in [0.717, 1.165) is 0 Å². The fourth-order valence-electron chi connectivity index (χ4n) is 5.74. The molecule has 0 saturated carbocycles. The van der Waals surface area contributed by atoms with Crippen LogP contribution in [-0.2, 0) is 5.41 Å². The van der Waals surface area contributed by atoms with Gasteiger partial charge in [0.25, 0.3) is 0 Å². The minimum absolute atomic E-state index is 0.0205. The molecule has 36 heavy (non-hydrogen) atoms. The van der Waals surface area contributed by atoms with E-state index in [1.807, 2.05) is 22.7 Å². The minimum atomic E-state index is -0.0205. The van der Waals surface area contributed by atoms with E-state index in [1.165, 1.54) is 68.2 Å². The molecule has 0 spiro atoms. The zero-order valence-corrected chi connectivity index (χ0v) is 22.3. The molecule has 0 unspecified atom stereocenters. The lowest BCUT2D eigenvalue weighted by Crippen LogP contribution is -2.12. The molecule has 0 aliphatic carbocycles. The normalized spacial score (nSPS) is 12.3. The third kappa shape index (κ3) is 3.25. The Morgan fingerprint density at radius 3 is 1.31 bits per heavy atom. The highest BCUT2D eigenvalue weighted by Crippen LogP contribution is 2.51. The molecule has 5 aromatic carbocycles. The number of hydrogen-bond acceptors (Lipinski definition) is 2. The summed E-state index contributed by atoms with van der Waals surface area (Å²) in [6.07, 6.45) is 0. The molecule has 7 aromatic rings. The Morgan fingerprint density at radius 2 is 0.889 bits per heavy atom. The van der Waals surface area contributed by atoms with Gasteiger partial charge in [0.15, 0.2) is 0 Å². The topological polar surface area (TPSA) is 0 Å². The van der Waals surface area contributed by atoms with E-state index in [2.05, 4.69) is 124 Å². The van der Waals surface area contributed by atoms with E-state index in [9.17, 15) is 0 Å². The molecule has 7 rings (SSSR count). The van der Waals surface area contributed by atoms with Gasteiger partial charge in [-0.15, -0.1) is 22.7 Å². The highest BCUT2D eigenvalue weighted by atomic mass is 32.1. The van der Waals surface area contributed by atoms with Crippen LogP contribution in [0.15, 0.2) is 103 Å². The molecule has 0 saturated heterocycles. The Morgan fingerprint density at radius 1 is 0.444 bits per heavy atom. The average molecular weight is 499 g/mol. The summed E-state index contributed by atoms with van der Waals surface area (Å²) in [6.45, 7) is 7.14. The van der Waals surface area contributed by atoms with Gasteiger partial charge in [0.05, 0.1) is 0 Å². The summed E-state index contributed by atoms with van der Waals surface area (Å²) in [5.74, 6) is 0. The fraction of sp³-hybridized carbons (Fsp3) is 0.118. The largest absolute Gasteiger partial charge is 0.135 e. The van der Waals surface area contributed by atoms with E-state index in [1.54, 1.807) is 0 Å². The van der Waals surface area contributed by atoms with Gasteiger partial charge in [-0.25, -0.2) is 0 Å². The Kier molecular flexibility index (Phi) is 4.86. The van der Waals surface area contributed by atoms with Gasteiger partial charge >= 0.3 is 0 Å². The van der Waals surface area contributed by atoms with Crippen molar-refractivity contribution >= 4 is 63.0 Å². The van der Waals surface area contributed by atoms with Crippen LogP contribution in [0.4, 0.5) is 0 Å². The van der Waals surface area contributed by atoms with Crippen molar-refractivity contribution in [1.82, 2.24) is 0 Å². The summed E-state index contributed by atoms with van der Waals surface area (Å²) < 4.78 is 5.50. The summed E-state index contributed by atoms with van der Waals surface area (Å²) in [5, 5.41) is 5.65. The van der Waals surface area contributed by atoms with Crippen LogP contribution < -0.4 is 0 Å². The molecule has 0 aliphatic rings. The third-order valence-corrected chi connectivity index (χ3v) is 9.37. The molecule has 0 radical (unpaired) electrons. The van der Waals surface area contributed by atoms with Gasteiger partial charge in [-0.3, -0.25) is 0 Å². The molecule has 0 amide bonds. The molecular formula is C34H26S2. The van der Waals surface area contributed by atoms with E-state index in [-0.39, 0.29) is 5.41 Å². The van der Waals surface area contributed by atoms with Crippen LogP contribution in [0.2, 0.25) is 0 Å². The van der Waals surface area contributed by atoms with Crippen molar-refractivity contribution in [2.45, 2.75) is 26.2 Å². The molecule has 0 N–H and O–H groups in total. The first-order valence-electron chi connectivity index (χ1n) is 12.5. The Hall–Kier alpha value is -3.46.